The summed E-state index contributed by atoms with van der Waals surface area (Å²) in [6, 6.07) is 13.7. The lowest BCUT2D eigenvalue weighted by Crippen LogP contribution is -2.52. The fourth-order valence-corrected chi connectivity index (χ4v) is 5.46. The van der Waals surface area contributed by atoms with Crippen molar-refractivity contribution in [3.05, 3.63) is 64.4 Å². The monoisotopic (exact) mass is 472 g/mol. The molecular weight excluding hydrogens is 446 g/mol. The fourth-order valence-electron chi connectivity index (χ4n) is 5.26. The van der Waals surface area contributed by atoms with Crippen LogP contribution in [0.3, 0.4) is 0 Å². The summed E-state index contributed by atoms with van der Waals surface area (Å²) in [5.41, 5.74) is 3.65. The second-order valence-corrected chi connectivity index (χ2v) is 8.75. The first-order chi connectivity index (χ1) is 13.6. The highest BCUT2D eigenvalue weighted by Crippen LogP contribution is 2.48. The van der Waals surface area contributed by atoms with Crippen molar-refractivity contribution in [2.75, 3.05) is 31.1 Å². The first-order valence-electron chi connectivity index (χ1n) is 10.3. The normalized spacial score (nSPS) is 26.1. The quantitative estimate of drug-likeness (QED) is 0.547. The molecule has 0 unspecified atom stereocenters. The van der Waals surface area contributed by atoms with Crippen molar-refractivity contribution in [2.24, 2.45) is 0 Å². The van der Waals surface area contributed by atoms with Gasteiger partial charge in [-0.05, 0) is 73.2 Å². The van der Waals surface area contributed by atoms with E-state index >= 15 is 0 Å². The van der Waals surface area contributed by atoms with Gasteiger partial charge >= 0.3 is 0 Å². The summed E-state index contributed by atoms with van der Waals surface area (Å²) in [6.07, 6.45) is 4.53. The SMILES string of the molecule is Cl.Cl.Fc1ccc(N2CCN(C3CCC4(CC3)OCc3cc(Cl)ccc34)CC2)cc1. The number of benzene rings is 2. The first-order valence-corrected chi connectivity index (χ1v) is 10.7. The molecular formula is C23H28Cl3FN2O. The standard InChI is InChI=1S/C23H26ClFN2O.2ClH/c24-18-1-6-22-17(15-18)16-28-23(22)9-7-21(8-10-23)27-13-11-26(12-14-27)20-4-2-19(25)3-5-20;;/h1-6,15,21H,7-14,16H2;2*1H. The van der Waals surface area contributed by atoms with Crippen LogP contribution in [0.1, 0.15) is 36.8 Å². The van der Waals surface area contributed by atoms with Gasteiger partial charge in [-0.25, -0.2) is 4.39 Å². The van der Waals surface area contributed by atoms with Crippen LogP contribution in [0.2, 0.25) is 5.02 Å². The van der Waals surface area contributed by atoms with Gasteiger partial charge in [0.05, 0.1) is 12.2 Å². The summed E-state index contributed by atoms with van der Waals surface area (Å²) in [7, 11) is 0. The number of halogens is 4. The molecule has 3 aliphatic rings. The zero-order valence-electron chi connectivity index (χ0n) is 16.9. The largest absolute Gasteiger partial charge is 0.369 e. The van der Waals surface area contributed by atoms with Crippen molar-refractivity contribution in [1.29, 1.82) is 0 Å². The summed E-state index contributed by atoms with van der Waals surface area (Å²) >= 11 is 6.15. The summed E-state index contributed by atoms with van der Waals surface area (Å²) in [4.78, 5) is 5.00. The third-order valence-electron chi connectivity index (χ3n) is 6.85. The second kappa shape index (κ2) is 9.62. The topological polar surface area (TPSA) is 15.7 Å². The number of nitrogens with zero attached hydrogens (tertiary/aromatic N) is 2. The fraction of sp³-hybridized carbons (Fsp3) is 0.478. The Bertz CT molecular complexity index is 848. The predicted octanol–water partition coefficient (Wildman–Crippen LogP) is 5.81. The lowest BCUT2D eigenvalue weighted by molar-refractivity contribution is -0.0777. The highest BCUT2D eigenvalue weighted by Gasteiger charge is 2.44. The van der Waals surface area contributed by atoms with E-state index in [0.717, 1.165) is 49.7 Å². The van der Waals surface area contributed by atoms with Crippen molar-refractivity contribution in [3.63, 3.8) is 0 Å². The molecule has 2 heterocycles. The zero-order chi connectivity index (χ0) is 19.1. The maximum Gasteiger partial charge on any atom is 0.123 e. The van der Waals surface area contributed by atoms with E-state index in [4.69, 9.17) is 16.3 Å². The molecule has 0 N–H and O–H groups in total. The summed E-state index contributed by atoms with van der Waals surface area (Å²) in [5, 5.41) is 0.798. The molecule has 3 nitrogen and oxygen atoms in total. The van der Waals surface area contributed by atoms with Gasteiger partial charge in [0, 0.05) is 42.9 Å². The number of ether oxygens (including phenoxy) is 1. The molecule has 1 saturated heterocycles. The Morgan fingerprint density at radius 2 is 1.60 bits per heavy atom. The molecule has 0 bridgehead atoms. The number of hydrogen-bond acceptors (Lipinski definition) is 3. The van der Waals surface area contributed by atoms with Crippen LogP contribution in [0, 0.1) is 5.82 Å². The lowest BCUT2D eigenvalue weighted by Gasteiger charge is -2.45. The maximum absolute atomic E-state index is 13.2. The number of rotatable bonds is 2. The molecule has 164 valence electrons. The van der Waals surface area contributed by atoms with E-state index in [9.17, 15) is 4.39 Å². The summed E-state index contributed by atoms with van der Waals surface area (Å²) < 4.78 is 19.5. The molecule has 0 radical (unpaired) electrons. The van der Waals surface area contributed by atoms with Gasteiger partial charge in [0.15, 0.2) is 0 Å². The Morgan fingerprint density at radius 1 is 0.933 bits per heavy atom. The number of piperazine rings is 1. The van der Waals surface area contributed by atoms with E-state index in [-0.39, 0.29) is 36.2 Å². The van der Waals surface area contributed by atoms with Crippen LogP contribution in [0.5, 0.6) is 0 Å². The third kappa shape index (κ3) is 4.44. The molecule has 1 aliphatic carbocycles. The van der Waals surface area contributed by atoms with Crippen LogP contribution in [-0.4, -0.2) is 37.1 Å². The maximum atomic E-state index is 13.2. The van der Waals surface area contributed by atoms with Gasteiger partial charge in [0.25, 0.3) is 0 Å². The average molecular weight is 474 g/mol. The Kier molecular flexibility index (Phi) is 7.57. The molecule has 0 atom stereocenters. The minimum Gasteiger partial charge on any atom is -0.369 e. The van der Waals surface area contributed by atoms with Gasteiger partial charge in [-0.1, -0.05) is 17.7 Å². The zero-order valence-corrected chi connectivity index (χ0v) is 19.2. The molecule has 2 aromatic rings. The highest BCUT2D eigenvalue weighted by atomic mass is 35.5. The van der Waals surface area contributed by atoms with Crippen LogP contribution in [0.15, 0.2) is 42.5 Å². The Hall–Kier alpha value is -1.04. The molecule has 5 rings (SSSR count). The van der Waals surface area contributed by atoms with Gasteiger partial charge in [0.1, 0.15) is 5.82 Å². The van der Waals surface area contributed by atoms with Crippen LogP contribution < -0.4 is 4.90 Å². The molecule has 30 heavy (non-hydrogen) atoms. The molecule has 2 fully saturated rings. The third-order valence-corrected chi connectivity index (χ3v) is 7.08. The Morgan fingerprint density at radius 3 is 2.27 bits per heavy atom. The van der Waals surface area contributed by atoms with Crippen LogP contribution in [0.4, 0.5) is 10.1 Å². The van der Waals surface area contributed by atoms with Crippen LogP contribution in [-0.2, 0) is 16.9 Å². The highest BCUT2D eigenvalue weighted by molar-refractivity contribution is 6.30. The van der Waals surface area contributed by atoms with Crippen molar-refractivity contribution < 1.29 is 9.13 Å². The smallest absolute Gasteiger partial charge is 0.123 e. The molecule has 2 aromatic carbocycles. The Labute approximate surface area is 195 Å². The van der Waals surface area contributed by atoms with Gasteiger partial charge in [-0.3, -0.25) is 4.90 Å². The van der Waals surface area contributed by atoms with Crippen LogP contribution in [0.25, 0.3) is 0 Å². The first kappa shape index (κ1) is 23.6. The average Bonchev–Trinajstić information content (AvgIpc) is 3.06. The summed E-state index contributed by atoms with van der Waals surface area (Å²) in [6.45, 7) is 4.84. The van der Waals surface area contributed by atoms with Crippen LogP contribution >= 0.6 is 36.4 Å². The van der Waals surface area contributed by atoms with Gasteiger partial charge in [-0.2, -0.15) is 0 Å². The van der Waals surface area contributed by atoms with Crippen molar-refractivity contribution in [2.45, 2.75) is 43.9 Å². The van der Waals surface area contributed by atoms with E-state index in [2.05, 4.69) is 21.9 Å². The lowest BCUT2D eigenvalue weighted by atomic mass is 9.77. The summed E-state index contributed by atoms with van der Waals surface area (Å²) in [5.74, 6) is -0.170. The van der Waals surface area contributed by atoms with E-state index < -0.39 is 0 Å². The molecule has 1 spiro atoms. The molecule has 1 saturated carbocycles. The molecule has 0 aromatic heterocycles. The van der Waals surface area contributed by atoms with Crippen molar-refractivity contribution >= 4 is 42.1 Å². The minimum atomic E-state index is -0.170. The molecule has 0 amide bonds. The van der Waals surface area contributed by atoms with Crippen molar-refractivity contribution in [3.8, 4) is 0 Å². The molecule has 7 heteroatoms. The van der Waals surface area contributed by atoms with Gasteiger partial charge in [0.2, 0.25) is 0 Å². The van der Waals surface area contributed by atoms with Crippen molar-refractivity contribution in [1.82, 2.24) is 4.90 Å². The number of anilines is 1. The second-order valence-electron chi connectivity index (χ2n) is 8.32. The van der Waals surface area contributed by atoms with E-state index in [1.807, 2.05) is 18.2 Å². The Balaban J connectivity index is 0.00000128. The number of hydrogen-bond donors (Lipinski definition) is 0. The van der Waals surface area contributed by atoms with Gasteiger partial charge in [-0.15, -0.1) is 24.8 Å². The van der Waals surface area contributed by atoms with Gasteiger partial charge < -0.3 is 9.64 Å². The van der Waals surface area contributed by atoms with E-state index in [1.165, 1.54) is 24.0 Å². The van der Waals surface area contributed by atoms with E-state index in [0.29, 0.717) is 12.6 Å². The molecule has 2 aliphatic heterocycles. The number of fused-ring (bicyclic) bond motifs is 2. The predicted molar refractivity (Wildman–Crippen MR) is 125 cm³/mol. The van der Waals surface area contributed by atoms with E-state index in [1.54, 1.807) is 12.1 Å². The minimum absolute atomic E-state index is 0.